The Morgan fingerprint density at radius 1 is 0.472 bits per heavy atom. The Bertz CT molecular complexity index is 3970. The number of nitrogens with one attached hydrogen (secondary N) is 8. The van der Waals surface area contributed by atoms with Crippen LogP contribution in [0.2, 0.25) is 10.0 Å². The summed E-state index contributed by atoms with van der Waals surface area (Å²) in [4.78, 5) is 59.2. The number of carbonyl (C=O) groups is 4. The Hall–Kier alpha value is -7.58. The maximum atomic E-state index is 13.7. The van der Waals surface area contributed by atoms with E-state index in [9.17, 15) is 27.6 Å². The topological polar surface area (TPSA) is 305 Å². The molecule has 4 fully saturated rings. The van der Waals surface area contributed by atoms with Gasteiger partial charge < -0.3 is 80.4 Å². The fourth-order valence-corrected chi connectivity index (χ4v) is 14.3. The van der Waals surface area contributed by atoms with Gasteiger partial charge >= 0.3 is 24.1 Å². The van der Waals surface area contributed by atoms with Crippen molar-refractivity contribution in [1.29, 1.82) is 0 Å². The van der Waals surface area contributed by atoms with Crippen LogP contribution in [-0.4, -0.2) is 196 Å². The van der Waals surface area contributed by atoms with Crippen LogP contribution in [0, 0.1) is 0 Å². The van der Waals surface area contributed by atoms with Crippen molar-refractivity contribution in [3.05, 3.63) is 154 Å². The highest BCUT2D eigenvalue weighted by Gasteiger charge is 2.49. The van der Waals surface area contributed by atoms with Crippen LogP contribution < -0.4 is 52.0 Å². The van der Waals surface area contributed by atoms with Gasteiger partial charge in [-0.05, 0) is 192 Å². The zero-order valence-corrected chi connectivity index (χ0v) is 65.0. The summed E-state index contributed by atoms with van der Waals surface area (Å²) >= 11 is 15.0. The lowest BCUT2D eigenvalue weighted by atomic mass is 9.96. The van der Waals surface area contributed by atoms with Crippen molar-refractivity contribution in [3.63, 3.8) is 0 Å². The summed E-state index contributed by atoms with van der Waals surface area (Å²) in [6.45, 7) is 7.12. The average Bonchev–Trinajstić information content (AvgIpc) is 1.60. The third-order valence-corrected chi connectivity index (χ3v) is 22.0. The number of ether oxygens (including phenoxy) is 8. The Balaban J connectivity index is 0.454. The number of aromatic nitrogens is 2. The third kappa shape index (κ3) is 27.2. The maximum absolute atomic E-state index is 13.7. The molecule has 26 nitrogen and oxygen atoms in total. The number of rotatable bonds is 51. The normalized spacial score (nSPS) is 14.8. The summed E-state index contributed by atoms with van der Waals surface area (Å²) in [6.07, 6.45) is 19.7. The zero-order valence-electron chi connectivity index (χ0n) is 61.8. The molecule has 0 saturated heterocycles. The molecule has 4 aromatic carbocycles. The van der Waals surface area contributed by atoms with E-state index >= 15 is 0 Å². The summed E-state index contributed by atoms with van der Waals surface area (Å²) in [7, 11) is -0.258. The van der Waals surface area contributed by atoms with E-state index in [-0.39, 0.29) is 68.0 Å². The molecule has 8 N–H and O–H groups in total. The number of urea groups is 4. The van der Waals surface area contributed by atoms with Gasteiger partial charge in [-0.3, -0.25) is 9.97 Å². The van der Waals surface area contributed by atoms with Gasteiger partial charge in [-0.1, -0.05) is 59.6 Å². The van der Waals surface area contributed by atoms with E-state index in [1.807, 2.05) is 73.2 Å². The van der Waals surface area contributed by atoms with E-state index in [1.165, 1.54) is 17.4 Å². The van der Waals surface area contributed by atoms with Crippen LogP contribution in [0.5, 0.6) is 11.5 Å². The Labute approximate surface area is 648 Å². The quantitative estimate of drug-likeness (QED) is 0.0130. The van der Waals surface area contributed by atoms with Crippen molar-refractivity contribution in [3.8, 4) is 33.8 Å². The minimum absolute atomic E-state index is 0.113. The fraction of sp³-hybridized carbons (Fsp3) is 0.513. The average molecular weight is 1570 g/mol. The molecule has 4 saturated carbocycles. The van der Waals surface area contributed by atoms with Gasteiger partial charge in [-0.2, -0.15) is 0 Å². The number of halogens is 2. The number of benzene rings is 4. The molecule has 4 aliphatic rings. The van der Waals surface area contributed by atoms with E-state index in [0.717, 1.165) is 126 Å². The molecule has 0 radical (unpaired) electrons. The highest BCUT2D eigenvalue weighted by atomic mass is 35.5. The van der Waals surface area contributed by atoms with Crippen molar-refractivity contribution in [1.82, 2.24) is 61.1 Å². The Morgan fingerprint density at radius 2 is 0.861 bits per heavy atom. The molecule has 30 heteroatoms. The molecule has 586 valence electrons. The molecule has 0 unspecified atom stereocenters. The predicted octanol–water partition coefficient (Wildman–Crippen LogP) is 11.5. The van der Waals surface area contributed by atoms with Gasteiger partial charge in [0.1, 0.15) is 11.5 Å². The van der Waals surface area contributed by atoms with Crippen molar-refractivity contribution in [2.24, 2.45) is 0 Å². The highest BCUT2D eigenvalue weighted by Crippen LogP contribution is 2.55. The molecule has 0 bridgehead atoms. The first kappa shape index (κ1) is 82.9. The second-order valence-electron chi connectivity index (χ2n) is 27.1. The lowest BCUT2D eigenvalue weighted by molar-refractivity contribution is 0.0171. The molecular weight excluding hydrogens is 1460 g/mol. The van der Waals surface area contributed by atoms with Crippen molar-refractivity contribution in [2.45, 2.75) is 136 Å². The van der Waals surface area contributed by atoms with Gasteiger partial charge in [0.2, 0.25) is 10.0 Å². The molecule has 108 heavy (non-hydrogen) atoms. The molecular formula is C78H104Cl2N12O14S2. The maximum Gasteiger partial charge on any atom is 0.314 e. The molecule has 0 aliphatic heterocycles. The highest BCUT2D eigenvalue weighted by molar-refractivity contribution is 7.97. The SMILES string of the molecule is CN(CCCCNC(=O)NCCOCCOCCNC(=O)NCCCCNC(=O)NCCOCCOCCNC(=O)NCCCCN(C)S(=O)(=O)c1ccc(Cl)c(COC2(c3cnccc3-c3ccccc3OC3CC3)CC2)c1)Sc1ccc(Cl)c(COC2(c3cnccc3-c3ccccc3OC3CC3)CC2)c1. The minimum Gasteiger partial charge on any atom is -0.490 e. The molecule has 0 atom stereocenters. The van der Waals surface area contributed by atoms with Crippen LogP contribution in [0.15, 0.2) is 132 Å². The van der Waals surface area contributed by atoms with E-state index in [1.54, 1.807) is 30.3 Å². The predicted molar refractivity (Wildman–Crippen MR) is 416 cm³/mol. The number of amides is 8. The van der Waals surface area contributed by atoms with Gasteiger partial charge in [-0.25, -0.2) is 36.2 Å². The van der Waals surface area contributed by atoms with E-state index in [0.29, 0.717) is 139 Å². The van der Waals surface area contributed by atoms with Gasteiger partial charge in [0, 0.05) is 134 Å². The third-order valence-electron chi connectivity index (χ3n) is 18.5. The van der Waals surface area contributed by atoms with Crippen LogP contribution in [0.25, 0.3) is 22.3 Å². The van der Waals surface area contributed by atoms with Crippen LogP contribution in [0.3, 0.4) is 0 Å². The van der Waals surface area contributed by atoms with Crippen LogP contribution in [-0.2, 0) is 62.9 Å². The number of hydrogen-bond acceptors (Lipinski definition) is 18. The van der Waals surface area contributed by atoms with E-state index in [4.69, 9.17) is 61.1 Å². The summed E-state index contributed by atoms with van der Waals surface area (Å²) < 4.78 is 78.9. The monoisotopic (exact) mass is 1570 g/mol. The first-order valence-corrected chi connectivity index (χ1v) is 40.5. The minimum atomic E-state index is -3.85. The number of hydrogen-bond donors (Lipinski definition) is 8. The van der Waals surface area contributed by atoms with Crippen LogP contribution >= 0.6 is 35.1 Å². The van der Waals surface area contributed by atoms with Crippen LogP contribution in [0.4, 0.5) is 19.2 Å². The number of carbonyl (C=O) groups excluding carboxylic acids is 4. The van der Waals surface area contributed by atoms with Crippen molar-refractivity contribution >= 4 is 69.3 Å². The van der Waals surface area contributed by atoms with Gasteiger partial charge in [0.15, 0.2) is 0 Å². The summed E-state index contributed by atoms with van der Waals surface area (Å²) in [6, 6.07) is 29.8. The van der Waals surface area contributed by atoms with Gasteiger partial charge in [0.25, 0.3) is 0 Å². The molecule has 2 heterocycles. The summed E-state index contributed by atoms with van der Waals surface area (Å²) in [5, 5.41) is 23.4. The molecule has 8 amide bonds. The van der Waals surface area contributed by atoms with E-state index in [2.05, 4.69) is 88.1 Å². The zero-order chi connectivity index (χ0) is 75.8. The number of pyridine rings is 2. The number of sulfonamides is 1. The first-order valence-electron chi connectivity index (χ1n) is 37.6. The number of unbranched alkanes of at least 4 members (excludes halogenated alkanes) is 3. The number of nitrogens with zero attached hydrogens (tertiary/aromatic N) is 4. The lowest BCUT2D eigenvalue weighted by Gasteiger charge is -2.22. The Kier molecular flexibility index (Phi) is 33.1. The molecule has 2 aromatic heterocycles. The van der Waals surface area contributed by atoms with Crippen molar-refractivity contribution < 1.29 is 65.5 Å². The standard InChI is InChI=1S/C78H104Cl2N12O14S2/c1-91(107-61-21-23-69(79)57(51-61)55-103-77(27-28-77)67-53-81-35-25-63(67)65-13-3-5-15-71(65)105-59-17-18-59)41-11-9-33-85-75(95)89-39-45-101-49-47-99-43-37-87-73(93)83-31-7-8-32-84-74(94)88-38-44-100-48-50-102-46-40-90-76(96)86-34-10-12-42-92(2)108(97,98)62-22-24-70(80)58(52-62)56-104-78(29-30-78)68-54-82-36-26-64(68)66-14-4-6-16-72(66)106-60-19-20-60/h3-6,13-16,21-26,35-36,51-54,59-60H,7-12,17-20,27-34,37-50,55-56H2,1-2H3,(H2,83,87,93)(H2,84,88,94)(H2,85,89,95)(H2,86,90,96). The second-order valence-corrected chi connectivity index (χ2v) is 31.2. The molecule has 0 spiro atoms. The summed E-state index contributed by atoms with van der Waals surface area (Å²) in [5.74, 6) is 1.73. The smallest absolute Gasteiger partial charge is 0.314 e. The van der Waals surface area contributed by atoms with Gasteiger partial charge in [-0.15, -0.1) is 0 Å². The Morgan fingerprint density at radius 3 is 1.29 bits per heavy atom. The van der Waals surface area contributed by atoms with Gasteiger partial charge in [0.05, 0.1) is 94.4 Å². The molecule has 10 rings (SSSR count). The van der Waals surface area contributed by atoms with E-state index < -0.39 is 21.2 Å². The number of para-hydroxylation sites is 2. The van der Waals surface area contributed by atoms with Crippen molar-refractivity contribution in [2.75, 3.05) is 132 Å². The fourth-order valence-electron chi connectivity index (χ4n) is 11.8. The summed E-state index contributed by atoms with van der Waals surface area (Å²) in [5.41, 5.74) is 6.65. The molecule has 4 aliphatic carbocycles. The largest absolute Gasteiger partial charge is 0.490 e. The molecule has 6 aromatic rings. The first-order chi connectivity index (χ1) is 52.6. The second kappa shape index (κ2) is 43.1. The van der Waals surface area contributed by atoms with Crippen LogP contribution in [0.1, 0.15) is 112 Å². The lowest BCUT2D eigenvalue weighted by Crippen LogP contribution is -2.39.